The van der Waals surface area contributed by atoms with E-state index in [9.17, 15) is 5.11 Å². The predicted molar refractivity (Wildman–Crippen MR) is 64.4 cm³/mol. The summed E-state index contributed by atoms with van der Waals surface area (Å²) in [7, 11) is 0. The van der Waals surface area contributed by atoms with E-state index in [4.69, 9.17) is 11.6 Å². The standard InChI is InChI=1S/C12H18ClNO/c13-7-2-1-3-8-14-10-11-5-4-6-12(15)9-11/h4-6,9,14-15H,1-3,7-8,10H2. The van der Waals surface area contributed by atoms with E-state index in [1.807, 2.05) is 12.1 Å². The summed E-state index contributed by atoms with van der Waals surface area (Å²) in [6.45, 7) is 1.82. The molecule has 0 saturated carbocycles. The number of alkyl halides is 1. The van der Waals surface area contributed by atoms with Crippen molar-refractivity contribution in [1.82, 2.24) is 5.32 Å². The first-order valence-electron chi connectivity index (χ1n) is 5.37. The van der Waals surface area contributed by atoms with Gasteiger partial charge in [0.15, 0.2) is 0 Å². The summed E-state index contributed by atoms with van der Waals surface area (Å²) < 4.78 is 0. The largest absolute Gasteiger partial charge is 0.508 e. The maximum absolute atomic E-state index is 9.24. The average molecular weight is 228 g/mol. The molecule has 84 valence electrons. The van der Waals surface area contributed by atoms with Gasteiger partial charge < -0.3 is 10.4 Å². The van der Waals surface area contributed by atoms with Crippen molar-refractivity contribution < 1.29 is 5.11 Å². The van der Waals surface area contributed by atoms with E-state index in [2.05, 4.69) is 5.32 Å². The van der Waals surface area contributed by atoms with Crippen LogP contribution in [0.5, 0.6) is 5.75 Å². The molecule has 0 saturated heterocycles. The molecule has 2 N–H and O–H groups in total. The van der Waals surface area contributed by atoms with E-state index in [1.54, 1.807) is 12.1 Å². The lowest BCUT2D eigenvalue weighted by atomic mass is 10.2. The number of unbranched alkanes of at least 4 members (excludes halogenated alkanes) is 2. The first-order chi connectivity index (χ1) is 7.33. The number of benzene rings is 1. The molecule has 0 aromatic heterocycles. The summed E-state index contributed by atoms with van der Waals surface area (Å²) in [5, 5.41) is 12.6. The molecular formula is C12H18ClNO. The minimum absolute atomic E-state index is 0.330. The van der Waals surface area contributed by atoms with Crippen LogP contribution < -0.4 is 5.32 Å². The van der Waals surface area contributed by atoms with Crippen LogP contribution in [0.1, 0.15) is 24.8 Å². The van der Waals surface area contributed by atoms with Gasteiger partial charge in [0.05, 0.1) is 0 Å². The smallest absolute Gasteiger partial charge is 0.115 e. The Morgan fingerprint density at radius 1 is 1.20 bits per heavy atom. The normalized spacial score (nSPS) is 10.5. The summed E-state index contributed by atoms with van der Waals surface area (Å²) in [5.41, 5.74) is 1.12. The second kappa shape index (κ2) is 7.55. The highest BCUT2D eigenvalue weighted by Crippen LogP contribution is 2.10. The van der Waals surface area contributed by atoms with Gasteiger partial charge in [-0.2, -0.15) is 0 Å². The van der Waals surface area contributed by atoms with Gasteiger partial charge in [-0.1, -0.05) is 18.6 Å². The van der Waals surface area contributed by atoms with Crippen molar-refractivity contribution in [3.05, 3.63) is 29.8 Å². The van der Waals surface area contributed by atoms with Gasteiger partial charge in [-0.3, -0.25) is 0 Å². The van der Waals surface area contributed by atoms with Crippen molar-refractivity contribution in [2.75, 3.05) is 12.4 Å². The fourth-order valence-corrected chi connectivity index (χ4v) is 1.61. The first-order valence-corrected chi connectivity index (χ1v) is 5.91. The molecule has 3 heteroatoms. The van der Waals surface area contributed by atoms with E-state index in [0.29, 0.717) is 5.75 Å². The second-order valence-corrected chi connectivity index (χ2v) is 3.97. The Hall–Kier alpha value is -0.730. The third-order valence-corrected chi connectivity index (χ3v) is 2.49. The molecule has 0 atom stereocenters. The Bertz CT molecular complexity index is 278. The van der Waals surface area contributed by atoms with Crippen LogP contribution in [-0.4, -0.2) is 17.5 Å². The van der Waals surface area contributed by atoms with Crippen molar-refractivity contribution in [2.45, 2.75) is 25.8 Å². The maximum Gasteiger partial charge on any atom is 0.115 e. The average Bonchev–Trinajstić information content (AvgIpc) is 2.23. The number of halogens is 1. The number of hydrogen-bond donors (Lipinski definition) is 2. The van der Waals surface area contributed by atoms with Crippen molar-refractivity contribution in [3.63, 3.8) is 0 Å². The number of hydrogen-bond acceptors (Lipinski definition) is 2. The second-order valence-electron chi connectivity index (χ2n) is 3.60. The molecule has 0 amide bonds. The molecule has 1 rings (SSSR count). The Labute approximate surface area is 96.3 Å². The van der Waals surface area contributed by atoms with Gasteiger partial charge in [-0.25, -0.2) is 0 Å². The highest BCUT2D eigenvalue weighted by atomic mass is 35.5. The molecule has 0 heterocycles. The maximum atomic E-state index is 9.24. The van der Waals surface area contributed by atoms with Crippen LogP contribution in [0.25, 0.3) is 0 Å². The molecule has 0 aliphatic rings. The van der Waals surface area contributed by atoms with E-state index in [1.165, 1.54) is 6.42 Å². The van der Waals surface area contributed by atoms with Gasteiger partial charge in [0.2, 0.25) is 0 Å². The van der Waals surface area contributed by atoms with Crippen LogP contribution in [0.3, 0.4) is 0 Å². The molecule has 0 spiro atoms. The summed E-state index contributed by atoms with van der Waals surface area (Å²) in [6.07, 6.45) is 3.43. The monoisotopic (exact) mass is 227 g/mol. The zero-order valence-electron chi connectivity index (χ0n) is 8.88. The highest BCUT2D eigenvalue weighted by Gasteiger charge is 1.94. The zero-order valence-corrected chi connectivity index (χ0v) is 9.63. The molecule has 15 heavy (non-hydrogen) atoms. The van der Waals surface area contributed by atoms with Crippen LogP contribution >= 0.6 is 11.6 Å². The van der Waals surface area contributed by atoms with Crippen LogP contribution in [0, 0.1) is 0 Å². The van der Waals surface area contributed by atoms with Crippen molar-refractivity contribution in [3.8, 4) is 5.75 Å². The van der Waals surface area contributed by atoms with Gasteiger partial charge >= 0.3 is 0 Å². The molecule has 0 unspecified atom stereocenters. The lowest BCUT2D eigenvalue weighted by molar-refractivity contribution is 0.474. The molecule has 0 radical (unpaired) electrons. The SMILES string of the molecule is Oc1cccc(CNCCCCCCl)c1. The Balaban J connectivity index is 2.10. The Morgan fingerprint density at radius 3 is 2.80 bits per heavy atom. The molecule has 1 aromatic carbocycles. The number of phenolic OH excluding ortho intramolecular Hbond substituents is 1. The van der Waals surface area contributed by atoms with Gasteiger partial charge in [0.1, 0.15) is 5.75 Å². The quantitative estimate of drug-likeness (QED) is 0.555. The van der Waals surface area contributed by atoms with Gasteiger partial charge in [-0.15, -0.1) is 11.6 Å². The van der Waals surface area contributed by atoms with Crippen molar-refractivity contribution >= 4 is 11.6 Å². The lowest BCUT2D eigenvalue weighted by Crippen LogP contribution is -2.14. The number of nitrogens with one attached hydrogen (secondary N) is 1. The predicted octanol–water partition coefficient (Wildman–Crippen LogP) is 2.89. The summed E-state index contributed by atoms with van der Waals surface area (Å²) >= 11 is 5.58. The van der Waals surface area contributed by atoms with Crippen LogP contribution in [0.2, 0.25) is 0 Å². The minimum atomic E-state index is 0.330. The topological polar surface area (TPSA) is 32.3 Å². The van der Waals surface area contributed by atoms with E-state index in [-0.39, 0.29) is 0 Å². The fourth-order valence-electron chi connectivity index (χ4n) is 1.42. The molecule has 0 fully saturated rings. The lowest BCUT2D eigenvalue weighted by Gasteiger charge is -2.04. The molecular weight excluding hydrogens is 210 g/mol. The number of rotatable bonds is 7. The molecule has 0 aliphatic carbocycles. The zero-order chi connectivity index (χ0) is 10.9. The molecule has 2 nitrogen and oxygen atoms in total. The van der Waals surface area contributed by atoms with Crippen LogP contribution in [0.4, 0.5) is 0 Å². The Kier molecular flexibility index (Phi) is 6.21. The van der Waals surface area contributed by atoms with Crippen LogP contribution in [0.15, 0.2) is 24.3 Å². The minimum Gasteiger partial charge on any atom is -0.508 e. The third kappa shape index (κ3) is 5.65. The van der Waals surface area contributed by atoms with E-state index in [0.717, 1.165) is 37.4 Å². The van der Waals surface area contributed by atoms with Gasteiger partial charge in [0, 0.05) is 12.4 Å². The first kappa shape index (κ1) is 12.3. The summed E-state index contributed by atoms with van der Waals surface area (Å²) in [4.78, 5) is 0. The van der Waals surface area contributed by atoms with Crippen molar-refractivity contribution in [1.29, 1.82) is 0 Å². The third-order valence-electron chi connectivity index (χ3n) is 2.23. The molecule has 1 aromatic rings. The number of aromatic hydroxyl groups is 1. The van der Waals surface area contributed by atoms with Gasteiger partial charge in [0.25, 0.3) is 0 Å². The molecule has 0 aliphatic heterocycles. The molecule has 0 bridgehead atoms. The van der Waals surface area contributed by atoms with E-state index >= 15 is 0 Å². The van der Waals surface area contributed by atoms with E-state index < -0.39 is 0 Å². The summed E-state index contributed by atoms with van der Waals surface area (Å²) in [6, 6.07) is 7.33. The van der Waals surface area contributed by atoms with Gasteiger partial charge in [-0.05, 0) is 37.1 Å². The van der Waals surface area contributed by atoms with Crippen molar-refractivity contribution in [2.24, 2.45) is 0 Å². The number of phenols is 1. The highest BCUT2D eigenvalue weighted by molar-refractivity contribution is 6.17. The fraction of sp³-hybridized carbons (Fsp3) is 0.500. The Morgan fingerprint density at radius 2 is 2.07 bits per heavy atom. The van der Waals surface area contributed by atoms with Crippen LogP contribution in [-0.2, 0) is 6.54 Å². The summed E-state index contributed by atoms with van der Waals surface area (Å²) in [5.74, 6) is 1.09.